The van der Waals surface area contributed by atoms with Gasteiger partial charge in [0.2, 0.25) is 0 Å². The molecule has 0 atom stereocenters. The molecule has 0 bridgehead atoms. The molecule has 110 valence electrons. The maximum atomic E-state index is 11.9. The minimum Gasteiger partial charge on any atom is -0.380 e. The molecule has 0 unspecified atom stereocenters. The lowest BCUT2D eigenvalue weighted by Crippen LogP contribution is -2.22. The summed E-state index contributed by atoms with van der Waals surface area (Å²) in [6, 6.07) is 6.02. The number of amides is 1. The molecule has 1 amide bonds. The maximum Gasteiger partial charge on any atom is 0.272 e. The van der Waals surface area contributed by atoms with Crippen LogP contribution in [-0.4, -0.2) is 29.9 Å². The second-order valence-electron chi connectivity index (χ2n) is 5.50. The number of anilines is 1. The lowest BCUT2D eigenvalue weighted by Gasteiger charge is -2.11. The van der Waals surface area contributed by atoms with Crippen LogP contribution in [-0.2, 0) is 19.4 Å². The van der Waals surface area contributed by atoms with Gasteiger partial charge in [0.15, 0.2) is 0 Å². The third kappa shape index (κ3) is 3.08. The summed E-state index contributed by atoms with van der Waals surface area (Å²) < 4.78 is 0. The monoisotopic (exact) mass is 301 g/mol. The Labute approximate surface area is 128 Å². The molecule has 3 rings (SSSR count). The summed E-state index contributed by atoms with van der Waals surface area (Å²) in [6.07, 6.45) is 5.43. The normalized spacial score (nSPS) is 13.0. The predicted molar refractivity (Wildman–Crippen MR) is 85.9 cm³/mol. The van der Waals surface area contributed by atoms with Gasteiger partial charge in [-0.1, -0.05) is 0 Å². The van der Waals surface area contributed by atoms with Crippen LogP contribution in [0, 0.1) is 0 Å². The number of hydrogen-bond acceptors (Lipinski definition) is 4. The van der Waals surface area contributed by atoms with Gasteiger partial charge in [-0.25, -0.2) is 0 Å². The standard InChI is InChI=1S/C16H19N3OS/c1-19(2)16(20)14-9-12(6-7-17-14)18-10-13-8-11-4-3-5-15(11)21-13/h6-9H,3-5,10H2,1-2H3,(H,17,18). The van der Waals surface area contributed by atoms with Crippen molar-refractivity contribution in [3.8, 4) is 0 Å². The van der Waals surface area contributed by atoms with Crippen LogP contribution in [0.5, 0.6) is 0 Å². The van der Waals surface area contributed by atoms with E-state index in [9.17, 15) is 4.79 Å². The Balaban J connectivity index is 1.67. The molecular weight excluding hydrogens is 282 g/mol. The smallest absolute Gasteiger partial charge is 0.272 e. The van der Waals surface area contributed by atoms with E-state index < -0.39 is 0 Å². The van der Waals surface area contributed by atoms with Gasteiger partial charge in [-0.2, -0.15) is 0 Å². The minimum absolute atomic E-state index is 0.0752. The summed E-state index contributed by atoms with van der Waals surface area (Å²) in [7, 11) is 3.47. The number of aryl methyl sites for hydroxylation is 2. The SMILES string of the molecule is CN(C)C(=O)c1cc(NCc2cc3c(s2)CCC3)ccn1. The molecule has 0 fully saturated rings. The fraction of sp³-hybridized carbons (Fsp3) is 0.375. The molecule has 2 aromatic rings. The highest BCUT2D eigenvalue weighted by Gasteiger charge is 2.14. The molecule has 0 radical (unpaired) electrons. The Morgan fingerprint density at radius 1 is 1.38 bits per heavy atom. The maximum absolute atomic E-state index is 11.9. The van der Waals surface area contributed by atoms with Crippen molar-refractivity contribution in [2.24, 2.45) is 0 Å². The van der Waals surface area contributed by atoms with E-state index in [1.54, 1.807) is 25.2 Å². The summed E-state index contributed by atoms with van der Waals surface area (Å²) >= 11 is 1.90. The molecule has 21 heavy (non-hydrogen) atoms. The second kappa shape index (κ2) is 5.85. The number of nitrogens with zero attached hydrogens (tertiary/aromatic N) is 2. The highest BCUT2D eigenvalue weighted by atomic mass is 32.1. The first-order valence-corrected chi connectivity index (χ1v) is 7.97. The van der Waals surface area contributed by atoms with Crippen molar-refractivity contribution in [3.05, 3.63) is 45.4 Å². The number of carbonyl (C=O) groups is 1. The van der Waals surface area contributed by atoms with Gasteiger partial charge in [-0.05, 0) is 43.0 Å². The van der Waals surface area contributed by atoms with Crippen molar-refractivity contribution in [3.63, 3.8) is 0 Å². The lowest BCUT2D eigenvalue weighted by molar-refractivity contribution is 0.0822. The van der Waals surface area contributed by atoms with Crippen molar-refractivity contribution in [2.75, 3.05) is 19.4 Å². The summed E-state index contributed by atoms with van der Waals surface area (Å²) in [6.45, 7) is 0.803. The number of thiophene rings is 1. The third-order valence-electron chi connectivity index (χ3n) is 3.65. The molecule has 1 aliphatic rings. The van der Waals surface area contributed by atoms with E-state index in [0.29, 0.717) is 5.69 Å². The highest BCUT2D eigenvalue weighted by Crippen LogP contribution is 2.30. The van der Waals surface area contributed by atoms with E-state index in [2.05, 4.69) is 16.4 Å². The van der Waals surface area contributed by atoms with Crippen molar-refractivity contribution in [1.82, 2.24) is 9.88 Å². The Morgan fingerprint density at radius 3 is 3.00 bits per heavy atom. The number of rotatable bonds is 4. The Hall–Kier alpha value is -1.88. The van der Waals surface area contributed by atoms with Crippen LogP contribution in [0.25, 0.3) is 0 Å². The van der Waals surface area contributed by atoms with Crippen molar-refractivity contribution < 1.29 is 4.79 Å². The molecule has 1 N–H and O–H groups in total. The van der Waals surface area contributed by atoms with Crippen LogP contribution in [0.4, 0.5) is 5.69 Å². The third-order valence-corrected chi connectivity index (χ3v) is 4.89. The van der Waals surface area contributed by atoms with Crippen LogP contribution in [0.15, 0.2) is 24.4 Å². The van der Waals surface area contributed by atoms with E-state index in [-0.39, 0.29) is 5.91 Å². The van der Waals surface area contributed by atoms with Crippen molar-refractivity contribution in [1.29, 1.82) is 0 Å². The van der Waals surface area contributed by atoms with E-state index in [1.165, 1.54) is 34.6 Å². The van der Waals surface area contributed by atoms with Gasteiger partial charge in [0, 0.05) is 42.3 Å². The first kappa shape index (κ1) is 14.1. The van der Waals surface area contributed by atoms with Gasteiger partial charge in [0.25, 0.3) is 5.91 Å². The van der Waals surface area contributed by atoms with E-state index in [4.69, 9.17) is 0 Å². The number of nitrogens with one attached hydrogen (secondary N) is 1. The molecule has 0 saturated heterocycles. The minimum atomic E-state index is -0.0752. The molecule has 1 aliphatic carbocycles. The molecule has 0 aromatic carbocycles. The van der Waals surface area contributed by atoms with Crippen LogP contribution in [0.3, 0.4) is 0 Å². The summed E-state index contributed by atoms with van der Waals surface area (Å²) in [5, 5.41) is 3.38. The quantitative estimate of drug-likeness (QED) is 0.944. The largest absolute Gasteiger partial charge is 0.380 e. The second-order valence-corrected chi connectivity index (χ2v) is 6.72. The number of hydrogen-bond donors (Lipinski definition) is 1. The summed E-state index contributed by atoms with van der Waals surface area (Å²) in [4.78, 5) is 20.5. The number of fused-ring (bicyclic) bond motifs is 1. The van der Waals surface area contributed by atoms with Gasteiger partial charge in [-0.15, -0.1) is 11.3 Å². The van der Waals surface area contributed by atoms with E-state index >= 15 is 0 Å². The van der Waals surface area contributed by atoms with Gasteiger partial charge in [0.05, 0.1) is 0 Å². The fourth-order valence-corrected chi connectivity index (χ4v) is 3.75. The molecule has 0 aliphatic heterocycles. The topological polar surface area (TPSA) is 45.2 Å². The highest BCUT2D eigenvalue weighted by molar-refractivity contribution is 7.12. The molecular formula is C16H19N3OS. The zero-order valence-corrected chi connectivity index (χ0v) is 13.2. The molecule has 0 spiro atoms. The average molecular weight is 301 g/mol. The zero-order valence-electron chi connectivity index (χ0n) is 12.3. The first-order valence-electron chi connectivity index (χ1n) is 7.15. The average Bonchev–Trinajstić information content (AvgIpc) is 3.05. The van der Waals surface area contributed by atoms with Crippen molar-refractivity contribution in [2.45, 2.75) is 25.8 Å². The summed E-state index contributed by atoms with van der Waals surface area (Å²) in [5.74, 6) is -0.0752. The Bertz CT molecular complexity index is 642. The van der Waals surface area contributed by atoms with Crippen LogP contribution in [0.2, 0.25) is 0 Å². The van der Waals surface area contributed by atoms with Gasteiger partial charge < -0.3 is 10.2 Å². The van der Waals surface area contributed by atoms with Gasteiger partial charge in [0.1, 0.15) is 5.69 Å². The van der Waals surface area contributed by atoms with Gasteiger partial charge in [-0.3, -0.25) is 9.78 Å². The molecule has 2 aromatic heterocycles. The number of pyridine rings is 1. The number of aromatic nitrogens is 1. The van der Waals surface area contributed by atoms with E-state index in [0.717, 1.165) is 12.2 Å². The Morgan fingerprint density at radius 2 is 2.24 bits per heavy atom. The van der Waals surface area contributed by atoms with Crippen LogP contribution < -0.4 is 5.32 Å². The van der Waals surface area contributed by atoms with Crippen LogP contribution >= 0.6 is 11.3 Å². The summed E-state index contributed by atoms with van der Waals surface area (Å²) in [5.41, 5.74) is 2.93. The zero-order chi connectivity index (χ0) is 14.8. The first-order chi connectivity index (χ1) is 10.1. The number of carbonyl (C=O) groups excluding carboxylic acids is 1. The molecule has 0 saturated carbocycles. The molecule has 4 nitrogen and oxygen atoms in total. The lowest BCUT2D eigenvalue weighted by atomic mass is 10.2. The molecule has 5 heteroatoms. The Kier molecular flexibility index (Phi) is 3.92. The van der Waals surface area contributed by atoms with Crippen LogP contribution in [0.1, 0.15) is 32.2 Å². The fourth-order valence-electron chi connectivity index (χ4n) is 2.55. The van der Waals surface area contributed by atoms with Crippen molar-refractivity contribution >= 4 is 22.9 Å². The van der Waals surface area contributed by atoms with E-state index in [1.807, 2.05) is 23.5 Å². The predicted octanol–water partition coefficient (Wildman–Crippen LogP) is 2.95. The van der Waals surface area contributed by atoms with Gasteiger partial charge >= 0.3 is 0 Å². The molecule has 2 heterocycles.